The van der Waals surface area contributed by atoms with E-state index in [0.717, 1.165) is 25.7 Å². The lowest BCUT2D eigenvalue weighted by Gasteiger charge is -2.23. The Kier molecular flexibility index (Phi) is 7.25. The van der Waals surface area contributed by atoms with Crippen molar-refractivity contribution in [2.75, 3.05) is 6.54 Å². The fourth-order valence-electron chi connectivity index (χ4n) is 2.17. The first kappa shape index (κ1) is 15.4. The van der Waals surface area contributed by atoms with E-state index < -0.39 is 6.23 Å². The lowest BCUT2D eigenvalue weighted by Crippen LogP contribution is -2.37. The Morgan fingerprint density at radius 1 is 1.50 bits per heavy atom. The smallest absolute Gasteiger partial charge is 0.105 e. The molecule has 0 fully saturated rings. The largest absolute Gasteiger partial charge is 0.379 e. The van der Waals surface area contributed by atoms with Crippen LogP contribution in [0.25, 0.3) is 0 Å². The van der Waals surface area contributed by atoms with Crippen LogP contribution in [0.1, 0.15) is 46.0 Å². The first-order chi connectivity index (χ1) is 8.67. The van der Waals surface area contributed by atoms with Gasteiger partial charge in [0.1, 0.15) is 6.23 Å². The third-order valence-corrected chi connectivity index (χ3v) is 3.65. The van der Waals surface area contributed by atoms with Crippen LogP contribution in [-0.4, -0.2) is 23.9 Å². The standard InChI is InChI=1S/C15H28N2O/c1-3-12(2)13-7-9-14(10-8-13)17-15(18)6-4-5-11-16/h7-9,12,14-15,17-18H,3-6,10-11,16H2,1-2H3/t12?,14-,15?/m0/s1. The van der Waals surface area contributed by atoms with Crippen LogP contribution in [0.15, 0.2) is 23.8 Å². The quantitative estimate of drug-likeness (QED) is 0.459. The molecule has 0 aromatic heterocycles. The molecule has 3 atom stereocenters. The minimum Gasteiger partial charge on any atom is -0.379 e. The number of rotatable bonds is 8. The van der Waals surface area contributed by atoms with Gasteiger partial charge in [0.2, 0.25) is 0 Å². The molecule has 104 valence electrons. The van der Waals surface area contributed by atoms with E-state index in [1.165, 1.54) is 12.0 Å². The Balaban J connectivity index is 2.27. The van der Waals surface area contributed by atoms with Gasteiger partial charge < -0.3 is 10.8 Å². The maximum absolute atomic E-state index is 9.84. The molecule has 0 spiro atoms. The van der Waals surface area contributed by atoms with Gasteiger partial charge in [-0.1, -0.05) is 32.1 Å². The van der Waals surface area contributed by atoms with E-state index in [1.54, 1.807) is 0 Å². The maximum Gasteiger partial charge on any atom is 0.105 e. The summed E-state index contributed by atoms with van der Waals surface area (Å²) in [7, 11) is 0. The van der Waals surface area contributed by atoms with Crippen molar-refractivity contribution in [2.24, 2.45) is 11.7 Å². The van der Waals surface area contributed by atoms with Crippen molar-refractivity contribution in [3.63, 3.8) is 0 Å². The molecule has 3 heteroatoms. The number of aliphatic hydroxyl groups excluding tert-OH is 1. The number of unbranched alkanes of at least 4 members (excludes halogenated alkanes) is 1. The SMILES string of the molecule is CCC(C)C1=CC[C@@H](NC(O)CCCCN)C=C1. The van der Waals surface area contributed by atoms with Crippen LogP contribution < -0.4 is 11.1 Å². The zero-order chi connectivity index (χ0) is 13.4. The lowest BCUT2D eigenvalue weighted by atomic mass is 9.92. The molecule has 0 heterocycles. The third-order valence-electron chi connectivity index (χ3n) is 3.65. The van der Waals surface area contributed by atoms with Crippen molar-refractivity contribution in [3.05, 3.63) is 23.8 Å². The van der Waals surface area contributed by atoms with Crippen LogP contribution in [0, 0.1) is 5.92 Å². The minimum absolute atomic E-state index is 0.269. The van der Waals surface area contributed by atoms with Gasteiger partial charge in [-0.15, -0.1) is 0 Å². The highest BCUT2D eigenvalue weighted by Gasteiger charge is 2.14. The van der Waals surface area contributed by atoms with Crippen LogP contribution in [0.4, 0.5) is 0 Å². The first-order valence-corrected chi connectivity index (χ1v) is 7.19. The lowest BCUT2D eigenvalue weighted by molar-refractivity contribution is 0.117. The van der Waals surface area contributed by atoms with Gasteiger partial charge in [-0.05, 0) is 50.1 Å². The summed E-state index contributed by atoms with van der Waals surface area (Å²) in [6.07, 6.45) is 11.1. The molecule has 0 radical (unpaired) electrons. The van der Waals surface area contributed by atoms with Crippen LogP contribution in [0.5, 0.6) is 0 Å². The van der Waals surface area contributed by atoms with Gasteiger partial charge in [-0.2, -0.15) is 0 Å². The molecule has 1 rings (SSSR count). The van der Waals surface area contributed by atoms with Crippen LogP contribution in [-0.2, 0) is 0 Å². The van der Waals surface area contributed by atoms with Gasteiger partial charge in [-0.3, -0.25) is 5.32 Å². The summed E-state index contributed by atoms with van der Waals surface area (Å²) in [6.45, 7) is 5.17. The van der Waals surface area contributed by atoms with E-state index in [4.69, 9.17) is 5.73 Å². The highest BCUT2D eigenvalue weighted by Crippen LogP contribution is 2.21. The third kappa shape index (κ3) is 5.34. The molecular weight excluding hydrogens is 224 g/mol. The van der Waals surface area contributed by atoms with E-state index >= 15 is 0 Å². The number of hydrogen-bond donors (Lipinski definition) is 3. The number of nitrogens with two attached hydrogens (primary N) is 1. The van der Waals surface area contributed by atoms with Crippen molar-refractivity contribution in [2.45, 2.75) is 58.2 Å². The minimum atomic E-state index is -0.412. The van der Waals surface area contributed by atoms with E-state index in [9.17, 15) is 5.11 Å². The monoisotopic (exact) mass is 252 g/mol. The summed E-state index contributed by atoms with van der Waals surface area (Å²) in [6, 6.07) is 0.269. The zero-order valence-electron chi connectivity index (χ0n) is 11.7. The topological polar surface area (TPSA) is 58.3 Å². The van der Waals surface area contributed by atoms with Crippen LogP contribution in [0.3, 0.4) is 0 Å². The molecule has 18 heavy (non-hydrogen) atoms. The molecule has 0 saturated heterocycles. The fourth-order valence-corrected chi connectivity index (χ4v) is 2.17. The molecule has 0 bridgehead atoms. The second kappa shape index (κ2) is 8.46. The average Bonchev–Trinajstić information content (AvgIpc) is 2.39. The molecule has 2 unspecified atom stereocenters. The van der Waals surface area contributed by atoms with Crippen molar-refractivity contribution in [1.82, 2.24) is 5.32 Å². The van der Waals surface area contributed by atoms with Gasteiger partial charge in [0, 0.05) is 6.04 Å². The summed E-state index contributed by atoms with van der Waals surface area (Å²) in [5, 5.41) is 13.1. The van der Waals surface area contributed by atoms with E-state index in [-0.39, 0.29) is 6.04 Å². The Hall–Kier alpha value is -0.640. The molecule has 3 nitrogen and oxygen atoms in total. The Morgan fingerprint density at radius 3 is 2.83 bits per heavy atom. The van der Waals surface area contributed by atoms with Gasteiger partial charge in [0.25, 0.3) is 0 Å². The first-order valence-electron chi connectivity index (χ1n) is 7.19. The number of nitrogens with one attached hydrogen (secondary N) is 1. The molecule has 0 saturated carbocycles. The van der Waals surface area contributed by atoms with Crippen LogP contribution in [0.2, 0.25) is 0 Å². The Bertz CT molecular complexity index is 286. The predicted octanol–water partition coefficient (Wildman–Crippen LogP) is 2.32. The van der Waals surface area contributed by atoms with Gasteiger partial charge in [0.05, 0.1) is 0 Å². The molecule has 4 N–H and O–H groups in total. The van der Waals surface area contributed by atoms with Crippen molar-refractivity contribution in [1.29, 1.82) is 0 Å². The zero-order valence-corrected chi connectivity index (χ0v) is 11.7. The normalized spacial score (nSPS) is 22.7. The maximum atomic E-state index is 9.84. The van der Waals surface area contributed by atoms with Gasteiger partial charge >= 0.3 is 0 Å². The summed E-state index contributed by atoms with van der Waals surface area (Å²) in [4.78, 5) is 0. The second-order valence-electron chi connectivity index (χ2n) is 5.18. The predicted molar refractivity (Wildman–Crippen MR) is 77.1 cm³/mol. The Morgan fingerprint density at radius 2 is 2.28 bits per heavy atom. The van der Waals surface area contributed by atoms with Crippen molar-refractivity contribution < 1.29 is 5.11 Å². The highest BCUT2D eigenvalue weighted by molar-refractivity contribution is 5.27. The molecule has 0 amide bonds. The molecule has 0 aliphatic heterocycles. The number of aliphatic hydroxyl groups is 1. The highest BCUT2D eigenvalue weighted by atomic mass is 16.3. The summed E-state index contributed by atoms with van der Waals surface area (Å²) in [5.41, 5.74) is 6.86. The average molecular weight is 252 g/mol. The van der Waals surface area contributed by atoms with E-state index in [1.807, 2.05) is 0 Å². The fraction of sp³-hybridized carbons (Fsp3) is 0.733. The Labute approximate surface area is 111 Å². The molecule has 1 aliphatic carbocycles. The van der Waals surface area contributed by atoms with Crippen molar-refractivity contribution >= 4 is 0 Å². The summed E-state index contributed by atoms with van der Waals surface area (Å²) < 4.78 is 0. The molecule has 1 aliphatic rings. The molecule has 0 aromatic rings. The number of hydrogen-bond acceptors (Lipinski definition) is 3. The van der Waals surface area contributed by atoms with Crippen LogP contribution >= 0.6 is 0 Å². The summed E-state index contributed by atoms with van der Waals surface area (Å²) in [5.74, 6) is 0.636. The van der Waals surface area contributed by atoms with Gasteiger partial charge in [0.15, 0.2) is 0 Å². The molecule has 0 aromatic carbocycles. The van der Waals surface area contributed by atoms with Gasteiger partial charge in [-0.25, -0.2) is 0 Å². The van der Waals surface area contributed by atoms with E-state index in [0.29, 0.717) is 12.5 Å². The summed E-state index contributed by atoms with van der Waals surface area (Å²) >= 11 is 0. The van der Waals surface area contributed by atoms with E-state index in [2.05, 4.69) is 37.4 Å². The second-order valence-corrected chi connectivity index (χ2v) is 5.18. The molecular formula is C15H28N2O. The number of allylic oxidation sites excluding steroid dienone is 2. The van der Waals surface area contributed by atoms with Crippen molar-refractivity contribution in [3.8, 4) is 0 Å².